The zero-order chi connectivity index (χ0) is 18.2. The van der Waals surface area contributed by atoms with Crippen LogP contribution in [-0.2, 0) is 13.0 Å². The molecule has 144 valence electrons. The number of rotatable bonds is 7. The van der Waals surface area contributed by atoms with Crippen molar-refractivity contribution in [3.8, 4) is 5.75 Å². The molecule has 1 heterocycles. The van der Waals surface area contributed by atoms with Crippen LogP contribution in [0, 0.1) is 20.8 Å². The van der Waals surface area contributed by atoms with Crippen molar-refractivity contribution in [2.75, 3.05) is 20.2 Å². The van der Waals surface area contributed by atoms with E-state index in [-0.39, 0.29) is 24.0 Å². The molecule has 6 nitrogen and oxygen atoms in total. The molecule has 0 saturated heterocycles. The van der Waals surface area contributed by atoms with Crippen LogP contribution in [0.15, 0.2) is 27.7 Å². The predicted octanol–water partition coefficient (Wildman–Crippen LogP) is 3.52. The topological polar surface area (TPSA) is 71.7 Å². The Labute approximate surface area is 172 Å². The Kier molecular flexibility index (Phi) is 9.47. The van der Waals surface area contributed by atoms with Gasteiger partial charge in [-0.15, -0.1) is 24.0 Å². The molecule has 0 amide bonds. The van der Waals surface area contributed by atoms with Crippen molar-refractivity contribution in [2.45, 2.75) is 40.7 Å². The van der Waals surface area contributed by atoms with Crippen LogP contribution >= 0.6 is 24.0 Å². The zero-order valence-electron chi connectivity index (χ0n) is 16.2. The standard InChI is InChI=1S/C19H28N4O2.HI/c1-6-20-19(21-10-9-17-14(3)23-25-15(17)4)22-12-16-8-7-13(2)11-18(16)24-5;/h7-8,11H,6,9-10,12H2,1-5H3,(H2,20,21,22);1H. The van der Waals surface area contributed by atoms with E-state index in [9.17, 15) is 0 Å². The van der Waals surface area contributed by atoms with E-state index in [2.05, 4.69) is 46.8 Å². The van der Waals surface area contributed by atoms with E-state index in [1.165, 1.54) is 5.56 Å². The highest BCUT2D eigenvalue weighted by Gasteiger charge is 2.09. The summed E-state index contributed by atoms with van der Waals surface area (Å²) in [5, 5.41) is 10.6. The molecule has 0 bridgehead atoms. The van der Waals surface area contributed by atoms with Crippen molar-refractivity contribution in [2.24, 2.45) is 4.99 Å². The van der Waals surface area contributed by atoms with Gasteiger partial charge >= 0.3 is 0 Å². The predicted molar refractivity (Wildman–Crippen MR) is 116 cm³/mol. The summed E-state index contributed by atoms with van der Waals surface area (Å²) in [6.07, 6.45) is 0.847. The van der Waals surface area contributed by atoms with Gasteiger partial charge in [-0.1, -0.05) is 17.3 Å². The van der Waals surface area contributed by atoms with E-state index in [1.807, 2.05) is 19.9 Å². The number of guanidine groups is 1. The first-order valence-corrected chi connectivity index (χ1v) is 8.62. The Morgan fingerprint density at radius 1 is 1.23 bits per heavy atom. The van der Waals surface area contributed by atoms with Gasteiger partial charge in [-0.05, 0) is 45.7 Å². The summed E-state index contributed by atoms with van der Waals surface area (Å²) < 4.78 is 10.7. The zero-order valence-corrected chi connectivity index (χ0v) is 18.5. The lowest BCUT2D eigenvalue weighted by molar-refractivity contribution is 0.392. The molecule has 0 spiro atoms. The summed E-state index contributed by atoms with van der Waals surface area (Å²) in [5.41, 5.74) is 4.35. The second-order valence-electron chi connectivity index (χ2n) is 5.99. The summed E-state index contributed by atoms with van der Waals surface area (Å²) in [6.45, 7) is 10.1. The lowest BCUT2D eigenvalue weighted by atomic mass is 10.1. The average Bonchev–Trinajstić information content (AvgIpc) is 2.92. The molecule has 0 aliphatic rings. The van der Waals surface area contributed by atoms with Gasteiger partial charge in [0.25, 0.3) is 0 Å². The van der Waals surface area contributed by atoms with E-state index in [0.717, 1.165) is 53.8 Å². The van der Waals surface area contributed by atoms with Crippen molar-refractivity contribution in [3.63, 3.8) is 0 Å². The third-order valence-corrected chi connectivity index (χ3v) is 4.04. The van der Waals surface area contributed by atoms with E-state index in [0.29, 0.717) is 6.54 Å². The van der Waals surface area contributed by atoms with Gasteiger partial charge in [0.05, 0.1) is 19.3 Å². The van der Waals surface area contributed by atoms with Gasteiger partial charge in [-0.2, -0.15) is 0 Å². The molecular weight excluding hydrogens is 443 g/mol. The van der Waals surface area contributed by atoms with E-state index < -0.39 is 0 Å². The minimum atomic E-state index is 0. The van der Waals surface area contributed by atoms with E-state index >= 15 is 0 Å². The van der Waals surface area contributed by atoms with Crippen LogP contribution in [-0.4, -0.2) is 31.3 Å². The Balaban J connectivity index is 0.00000338. The number of hydrogen-bond donors (Lipinski definition) is 2. The van der Waals surface area contributed by atoms with Gasteiger partial charge in [-0.25, -0.2) is 4.99 Å². The third-order valence-electron chi connectivity index (χ3n) is 4.04. The molecule has 1 aromatic carbocycles. The fraction of sp³-hybridized carbons (Fsp3) is 0.474. The third kappa shape index (κ3) is 6.19. The first kappa shape index (κ1) is 22.3. The number of hydrogen-bond acceptors (Lipinski definition) is 4. The smallest absolute Gasteiger partial charge is 0.191 e. The molecule has 26 heavy (non-hydrogen) atoms. The second-order valence-corrected chi connectivity index (χ2v) is 5.99. The number of aromatic nitrogens is 1. The number of ether oxygens (including phenoxy) is 1. The molecular formula is C19H29IN4O2. The van der Waals surface area contributed by atoms with Crippen LogP contribution in [0.1, 0.15) is 35.1 Å². The maximum absolute atomic E-state index is 5.45. The highest BCUT2D eigenvalue weighted by molar-refractivity contribution is 14.0. The molecule has 2 N–H and O–H groups in total. The summed E-state index contributed by atoms with van der Waals surface area (Å²) in [4.78, 5) is 4.66. The molecule has 2 rings (SSSR count). The molecule has 0 atom stereocenters. The molecule has 0 aliphatic carbocycles. The van der Waals surface area contributed by atoms with Crippen LogP contribution in [0.25, 0.3) is 0 Å². The van der Waals surface area contributed by atoms with Crippen LogP contribution < -0.4 is 15.4 Å². The molecule has 0 saturated carbocycles. The Hall–Kier alpha value is -1.77. The Morgan fingerprint density at radius 3 is 2.62 bits per heavy atom. The minimum Gasteiger partial charge on any atom is -0.496 e. The molecule has 2 aromatic rings. The fourth-order valence-corrected chi connectivity index (χ4v) is 2.65. The molecule has 1 aromatic heterocycles. The number of nitrogens with one attached hydrogen (secondary N) is 2. The van der Waals surface area contributed by atoms with Gasteiger partial charge in [0.2, 0.25) is 0 Å². The number of halogens is 1. The number of nitrogens with zero attached hydrogens (tertiary/aromatic N) is 2. The van der Waals surface area contributed by atoms with Crippen LogP contribution in [0.4, 0.5) is 0 Å². The van der Waals surface area contributed by atoms with Gasteiger partial charge < -0.3 is 19.9 Å². The number of aliphatic imine (C=N–C) groups is 1. The van der Waals surface area contributed by atoms with Gasteiger partial charge in [0.15, 0.2) is 5.96 Å². The normalized spacial score (nSPS) is 11.0. The molecule has 0 radical (unpaired) electrons. The number of benzene rings is 1. The van der Waals surface area contributed by atoms with Crippen molar-refractivity contribution >= 4 is 29.9 Å². The van der Waals surface area contributed by atoms with Crippen molar-refractivity contribution in [1.29, 1.82) is 0 Å². The number of methoxy groups -OCH3 is 1. The minimum absolute atomic E-state index is 0. The maximum Gasteiger partial charge on any atom is 0.191 e. The Morgan fingerprint density at radius 2 is 2.00 bits per heavy atom. The maximum atomic E-state index is 5.45. The van der Waals surface area contributed by atoms with Crippen LogP contribution in [0.5, 0.6) is 5.75 Å². The average molecular weight is 472 g/mol. The van der Waals surface area contributed by atoms with Crippen molar-refractivity contribution in [1.82, 2.24) is 15.8 Å². The molecule has 0 aliphatic heterocycles. The lowest BCUT2D eigenvalue weighted by Crippen LogP contribution is -2.38. The summed E-state index contributed by atoms with van der Waals surface area (Å²) in [5.74, 6) is 2.54. The van der Waals surface area contributed by atoms with Gasteiger partial charge in [0.1, 0.15) is 11.5 Å². The highest BCUT2D eigenvalue weighted by Crippen LogP contribution is 2.20. The summed E-state index contributed by atoms with van der Waals surface area (Å²) >= 11 is 0. The second kappa shape index (κ2) is 11.1. The summed E-state index contributed by atoms with van der Waals surface area (Å²) in [7, 11) is 1.69. The largest absolute Gasteiger partial charge is 0.496 e. The van der Waals surface area contributed by atoms with Crippen LogP contribution in [0.3, 0.4) is 0 Å². The number of aryl methyl sites for hydroxylation is 3. The first-order valence-electron chi connectivity index (χ1n) is 8.62. The first-order chi connectivity index (χ1) is 12.0. The van der Waals surface area contributed by atoms with Gasteiger partial charge in [-0.3, -0.25) is 0 Å². The fourth-order valence-electron chi connectivity index (χ4n) is 2.65. The SMILES string of the molecule is CCNC(=NCc1ccc(C)cc1OC)NCCc1c(C)noc1C.I. The van der Waals surface area contributed by atoms with Crippen molar-refractivity contribution < 1.29 is 9.26 Å². The monoisotopic (exact) mass is 472 g/mol. The van der Waals surface area contributed by atoms with Gasteiger partial charge in [0, 0.05) is 24.2 Å². The van der Waals surface area contributed by atoms with Crippen LogP contribution in [0.2, 0.25) is 0 Å². The Bertz CT molecular complexity index is 709. The van der Waals surface area contributed by atoms with Crippen molar-refractivity contribution in [3.05, 3.63) is 46.3 Å². The quantitative estimate of drug-likeness (QED) is 0.367. The molecule has 0 unspecified atom stereocenters. The highest BCUT2D eigenvalue weighted by atomic mass is 127. The van der Waals surface area contributed by atoms with E-state index in [1.54, 1.807) is 7.11 Å². The molecule has 0 fully saturated rings. The lowest BCUT2D eigenvalue weighted by Gasteiger charge is -2.12. The molecule has 7 heteroatoms. The summed E-state index contributed by atoms with van der Waals surface area (Å²) in [6, 6.07) is 6.17. The van der Waals surface area contributed by atoms with E-state index in [4.69, 9.17) is 9.26 Å².